The number of urea groups is 3. The van der Waals surface area contributed by atoms with E-state index in [0.717, 1.165) is 0 Å². The van der Waals surface area contributed by atoms with Crippen LogP contribution in [0.15, 0.2) is 0 Å². The van der Waals surface area contributed by atoms with E-state index in [-0.39, 0.29) is 113 Å². The minimum Gasteiger partial charge on any atom is -0.822 e. The second-order valence-corrected chi connectivity index (χ2v) is 3.89. The predicted molar refractivity (Wildman–Crippen MR) is 73.8 cm³/mol. The van der Waals surface area contributed by atoms with Crippen LogP contribution < -0.4 is 63.8 Å². The van der Waals surface area contributed by atoms with Crippen molar-refractivity contribution in [1.29, 1.82) is 0 Å². The second kappa shape index (κ2) is 30.5. The molecule has 0 aliphatic carbocycles. The first-order valence-electron chi connectivity index (χ1n) is 3.81. The Kier molecular flexibility index (Phi) is 61.6. The molecule has 6 amide bonds. The molecule has 0 bridgehead atoms. The molecule has 0 heterocycles. The molecule has 0 spiro atoms. The molecule has 0 saturated carbocycles. The van der Waals surface area contributed by atoms with Gasteiger partial charge in [-0.15, -0.1) is 0 Å². The molecule has 0 aromatic carbocycles. The summed E-state index contributed by atoms with van der Waals surface area (Å²) >= 11 is 0. The van der Waals surface area contributed by atoms with Crippen LogP contribution >= 0.6 is 15.6 Å². The summed E-state index contributed by atoms with van der Waals surface area (Å²) in [6, 6.07) is -2.50. The molecule has 0 aliphatic rings. The number of rotatable bonds is 0. The molecular formula is C3H12Ca3N6O11P2. The molecule has 0 atom stereocenters. The summed E-state index contributed by atoms with van der Waals surface area (Å²) in [7, 11) is -10.8. The minimum absolute atomic E-state index is 0. The van der Waals surface area contributed by atoms with Crippen LogP contribution in [0.3, 0.4) is 0 Å². The summed E-state index contributed by atoms with van der Waals surface area (Å²) in [5, 5.41) is 0. The van der Waals surface area contributed by atoms with Gasteiger partial charge in [-0.1, -0.05) is 0 Å². The van der Waals surface area contributed by atoms with E-state index in [1.54, 1.807) is 0 Å². The Morgan fingerprint density at radius 3 is 0.480 bits per heavy atom. The van der Waals surface area contributed by atoms with Gasteiger partial charge in [0.05, 0.1) is 0 Å². The molecule has 0 saturated heterocycles. The molecule has 0 radical (unpaired) electrons. The Morgan fingerprint density at radius 2 is 0.480 bits per heavy atom. The normalized spacial score (nSPS) is 7.60. The van der Waals surface area contributed by atoms with E-state index in [4.69, 9.17) is 52.9 Å². The molecule has 22 heteroatoms. The van der Waals surface area contributed by atoms with Crippen molar-refractivity contribution in [1.82, 2.24) is 0 Å². The van der Waals surface area contributed by atoms with Gasteiger partial charge < -0.3 is 72.9 Å². The fourth-order valence-electron chi connectivity index (χ4n) is 0. The third kappa shape index (κ3) is 4470. The van der Waals surface area contributed by atoms with Crippen LogP contribution in [0.4, 0.5) is 14.4 Å². The fourth-order valence-corrected chi connectivity index (χ4v) is 0. The van der Waals surface area contributed by atoms with Crippen LogP contribution in [0.2, 0.25) is 0 Å². The number of phosphoric acid groups is 2. The SMILES string of the molecule is NC(N)=O.NC(N)=O.NC(N)=O.O=P([O-])([O-])[O-].O=P([O-])([O-])[O-].[Ca+2].[Ca+2].[Ca+2]. The number of carbonyl (C=O) groups is 3. The minimum atomic E-state index is -5.39. The molecule has 0 unspecified atom stereocenters. The first kappa shape index (κ1) is 50.5. The summed E-state index contributed by atoms with van der Waals surface area (Å²) < 4.78 is 17.1. The van der Waals surface area contributed by atoms with Gasteiger partial charge in [-0.2, -0.15) is 15.6 Å². The first-order valence-corrected chi connectivity index (χ1v) is 6.73. The molecule has 17 nitrogen and oxygen atoms in total. The van der Waals surface area contributed by atoms with E-state index < -0.39 is 33.7 Å². The summed E-state index contributed by atoms with van der Waals surface area (Å²) in [5.41, 5.74) is 25.5. The standard InChI is InChI=1S/3CH4N2O.3Ca.2H3O4P/c3*2-1(3)4;;;;2*1-5(2,3)4/h3*(H4,2,3,4);;;;2*(H3,1,2,3,4)/q;;;3*+2;;/p-6. The topological polar surface area (TPSA) is 380 Å². The number of hydrogen-bond acceptors (Lipinski definition) is 11. The van der Waals surface area contributed by atoms with Crippen molar-refractivity contribution in [2.24, 2.45) is 34.4 Å². The average Bonchev–Trinajstić information content (AvgIpc) is 1.88. The van der Waals surface area contributed by atoms with Crippen LogP contribution in [0.25, 0.3) is 0 Å². The number of amides is 6. The number of carbonyl (C=O) groups excluding carboxylic acids is 3. The molecule has 136 valence electrons. The fraction of sp³-hybridized carbons (Fsp3) is 0. The van der Waals surface area contributed by atoms with Gasteiger partial charge in [-0.05, 0) is 0 Å². The van der Waals surface area contributed by atoms with E-state index in [9.17, 15) is 0 Å². The Balaban J connectivity index is -0.0000000235. The van der Waals surface area contributed by atoms with Crippen molar-refractivity contribution in [3.05, 3.63) is 0 Å². The third-order valence-electron chi connectivity index (χ3n) is 0. The quantitative estimate of drug-likeness (QED) is 0.137. The Morgan fingerprint density at radius 1 is 0.480 bits per heavy atom. The Labute approximate surface area is 230 Å². The van der Waals surface area contributed by atoms with E-state index >= 15 is 0 Å². The van der Waals surface area contributed by atoms with Gasteiger partial charge in [-0.25, -0.2) is 14.4 Å². The van der Waals surface area contributed by atoms with E-state index in [2.05, 4.69) is 34.4 Å². The summed E-state index contributed by atoms with van der Waals surface area (Å²) in [6.45, 7) is 0. The van der Waals surface area contributed by atoms with Crippen molar-refractivity contribution < 1.29 is 52.9 Å². The number of nitrogens with two attached hydrogens (primary N) is 6. The van der Waals surface area contributed by atoms with Gasteiger partial charge in [-0.3, -0.25) is 0 Å². The van der Waals surface area contributed by atoms with Gasteiger partial charge in [0.25, 0.3) is 0 Å². The predicted octanol–water partition coefficient (Wildman–Crippen LogP) is -9.72. The summed E-state index contributed by atoms with van der Waals surface area (Å²) in [6.07, 6.45) is 0. The zero-order valence-corrected chi connectivity index (χ0v) is 20.9. The monoisotopic (exact) mass is 490 g/mol. The van der Waals surface area contributed by atoms with Crippen LogP contribution in [0.1, 0.15) is 0 Å². The summed E-state index contributed by atoms with van der Waals surface area (Å²) in [4.78, 5) is 78.3. The smallest absolute Gasteiger partial charge is 0.822 e. The van der Waals surface area contributed by atoms with E-state index in [1.165, 1.54) is 0 Å². The molecule has 0 aromatic heterocycles. The third-order valence-corrected chi connectivity index (χ3v) is 0. The molecule has 12 N–H and O–H groups in total. The maximum atomic E-state index is 9.00. The van der Waals surface area contributed by atoms with Crippen LogP contribution in [-0.2, 0) is 9.13 Å². The molecule has 0 fully saturated rings. The molecule has 0 rings (SSSR count). The Bertz CT molecular complexity index is 337. The summed E-state index contributed by atoms with van der Waals surface area (Å²) in [5.74, 6) is 0. The van der Waals surface area contributed by atoms with Gasteiger partial charge in [0.2, 0.25) is 0 Å². The maximum absolute atomic E-state index is 9.00. The largest absolute Gasteiger partial charge is 2.00 e. The van der Waals surface area contributed by atoms with Gasteiger partial charge >= 0.3 is 131 Å². The van der Waals surface area contributed by atoms with Gasteiger partial charge in [0.15, 0.2) is 0 Å². The van der Waals surface area contributed by atoms with Gasteiger partial charge in [0, 0.05) is 0 Å². The average molecular weight is 490 g/mol. The van der Waals surface area contributed by atoms with E-state index in [1.807, 2.05) is 0 Å². The van der Waals surface area contributed by atoms with Gasteiger partial charge in [0.1, 0.15) is 0 Å². The van der Waals surface area contributed by atoms with Crippen molar-refractivity contribution in [3.8, 4) is 0 Å². The second-order valence-electron chi connectivity index (χ2n) is 2.10. The van der Waals surface area contributed by atoms with Crippen LogP contribution in [0, 0.1) is 0 Å². The Hall–Kier alpha value is 1.81. The molecular weight excluding hydrogens is 478 g/mol. The zero-order chi connectivity index (χ0) is 19.7. The zero-order valence-electron chi connectivity index (χ0n) is 12.5. The first-order chi connectivity index (χ1) is 9.20. The van der Waals surface area contributed by atoms with Crippen molar-refractivity contribution in [3.63, 3.8) is 0 Å². The number of primary amides is 6. The van der Waals surface area contributed by atoms with Crippen LogP contribution in [-0.4, -0.2) is 131 Å². The van der Waals surface area contributed by atoms with E-state index in [0.29, 0.717) is 0 Å². The number of hydrogen-bond donors (Lipinski definition) is 6. The maximum Gasteiger partial charge on any atom is 2.00 e. The van der Waals surface area contributed by atoms with Crippen molar-refractivity contribution in [2.45, 2.75) is 0 Å². The van der Waals surface area contributed by atoms with Crippen molar-refractivity contribution >= 4 is 147 Å². The molecule has 0 aliphatic heterocycles. The van der Waals surface area contributed by atoms with Crippen LogP contribution in [0.5, 0.6) is 0 Å². The molecule has 25 heavy (non-hydrogen) atoms. The van der Waals surface area contributed by atoms with Crippen molar-refractivity contribution in [2.75, 3.05) is 0 Å². The molecule has 0 aromatic rings.